The summed E-state index contributed by atoms with van der Waals surface area (Å²) < 4.78 is 40.2. The number of carbonyl (C=O) groups excluding carboxylic acids is 3. The van der Waals surface area contributed by atoms with Crippen LogP contribution in [0.1, 0.15) is 49.7 Å². The van der Waals surface area contributed by atoms with Crippen LogP contribution >= 0.6 is 15.9 Å². The maximum absolute atomic E-state index is 13.3. The number of Topliss-reactive ketones (excluding diaryl/α,β-unsaturated/α-hetero) is 1. The molecule has 0 spiro atoms. The Hall–Kier alpha value is -3.51. The topological polar surface area (TPSA) is 107 Å². The third-order valence-corrected chi connectivity index (χ3v) is 6.85. The molecule has 1 aliphatic rings. The molecule has 3 N–H and O–H groups in total. The number of likely N-dealkylation sites (tertiary alicyclic amines) is 1. The number of aromatic amines is 1. The number of alkyl halides is 2. The summed E-state index contributed by atoms with van der Waals surface area (Å²) in [6.45, 7) is 1.18. The van der Waals surface area contributed by atoms with Crippen molar-refractivity contribution in [3.8, 4) is 0 Å². The number of aromatic nitrogens is 2. The second-order valence-electron chi connectivity index (χ2n) is 8.95. The fourth-order valence-electron chi connectivity index (χ4n) is 4.05. The number of hydrogen-bond acceptors (Lipinski definition) is 5. The van der Waals surface area contributed by atoms with Gasteiger partial charge in [-0.1, -0.05) is 12.1 Å². The molecule has 1 aromatic heterocycles. The molecule has 0 radical (unpaired) electrons. The summed E-state index contributed by atoms with van der Waals surface area (Å²) in [5.74, 6) is -4.40. The molecule has 1 fully saturated rings. The van der Waals surface area contributed by atoms with E-state index < -0.39 is 23.6 Å². The van der Waals surface area contributed by atoms with Crippen molar-refractivity contribution in [1.82, 2.24) is 20.2 Å². The standard InChI is InChI=1S/C26H25BrF3N5O3/c27-20-14-17(28)3-6-19(20)21(36)13-16-1-4-18(5-2-16)34-25(38)23-22(32-15-33-23)24(37)31-9-12-35-10-7-26(29,30)8-11-35/h1-6,14-15H,7-13H2,(H,31,37)(H,32,33)(H,34,38). The number of H-pyrrole nitrogens is 1. The van der Waals surface area contributed by atoms with Crippen LogP contribution in [-0.4, -0.2) is 64.6 Å². The molecule has 200 valence electrons. The molecule has 8 nitrogen and oxygen atoms in total. The van der Waals surface area contributed by atoms with Crippen LogP contribution < -0.4 is 10.6 Å². The Morgan fingerprint density at radius 2 is 1.76 bits per heavy atom. The van der Waals surface area contributed by atoms with Gasteiger partial charge in [-0.05, 0) is 51.8 Å². The molecule has 2 aromatic carbocycles. The van der Waals surface area contributed by atoms with E-state index in [1.54, 1.807) is 24.3 Å². The molecule has 38 heavy (non-hydrogen) atoms. The Bertz CT molecular complexity index is 1320. The van der Waals surface area contributed by atoms with E-state index in [4.69, 9.17) is 0 Å². The first kappa shape index (κ1) is 27.5. The second-order valence-corrected chi connectivity index (χ2v) is 9.81. The minimum atomic E-state index is -2.63. The van der Waals surface area contributed by atoms with E-state index >= 15 is 0 Å². The highest BCUT2D eigenvalue weighted by Gasteiger charge is 2.33. The third kappa shape index (κ3) is 7.07. The van der Waals surface area contributed by atoms with Crippen LogP contribution in [0.2, 0.25) is 0 Å². The summed E-state index contributed by atoms with van der Waals surface area (Å²) in [7, 11) is 0. The molecule has 1 saturated heterocycles. The van der Waals surface area contributed by atoms with Gasteiger partial charge in [0.25, 0.3) is 17.7 Å². The highest BCUT2D eigenvalue weighted by atomic mass is 79.9. The summed E-state index contributed by atoms with van der Waals surface area (Å²) in [5.41, 5.74) is 1.39. The summed E-state index contributed by atoms with van der Waals surface area (Å²) in [4.78, 5) is 46.4. The molecular formula is C26H25BrF3N5O3. The molecule has 0 unspecified atom stereocenters. The van der Waals surface area contributed by atoms with Gasteiger partial charge >= 0.3 is 0 Å². The smallest absolute Gasteiger partial charge is 0.276 e. The van der Waals surface area contributed by atoms with Crippen molar-refractivity contribution in [2.75, 3.05) is 31.5 Å². The Morgan fingerprint density at radius 1 is 1.05 bits per heavy atom. The van der Waals surface area contributed by atoms with Crippen molar-refractivity contribution in [3.05, 3.63) is 81.6 Å². The van der Waals surface area contributed by atoms with Crippen LogP contribution in [0.25, 0.3) is 0 Å². The van der Waals surface area contributed by atoms with Crippen molar-refractivity contribution in [2.24, 2.45) is 0 Å². The maximum Gasteiger partial charge on any atom is 0.276 e. The predicted molar refractivity (Wildman–Crippen MR) is 138 cm³/mol. The van der Waals surface area contributed by atoms with Crippen LogP contribution in [0.5, 0.6) is 0 Å². The van der Waals surface area contributed by atoms with Gasteiger partial charge in [0, 0.05) is 61.2 Å². The summed E-state index contributed by atoms with van der Waals surface area (Å²) >= 11 is 3.20. The fraction of sp³-hybridized carbons (Fsp3) is 0.308. The van der Waals surface area contributed by atoms with Crippen LogP contribution in [-0.2, 0) is 6.42 Å². The molecule has 0 saturated carbocycles. The van der Waals surface area contributed by atoms with Crippen molar-refractivity contribution < 1.29 is 27.6 Å². The number of amides is 2. The van der Waals surface area contributed by atoms with E-state index in [1.807, 2.05) is 4.90 Å². The van der Waals surface area contributed by atoms with Gasteiger partial charge in [0.1, 0.15) is 11.5 Å². The molecule has 2 heterocycles. The largest absolute Gasteiger partial charge is 0.349 e. The van der Waals surface area contributed by atoms with E-state index in [0.29, 0.717) is 27.8 Å². The number of hydrogen-bond donors (Lipinski definition) is 3. The van der Waals surface area contributed by atoms with Gasteiger partial charge in [-0.2, -0.15) is 0 Å². The van der Waals surface area contributed by atoms with Crippen molar-refractivity contribution in [2.45, 2.75) is 25.2 Å². The van der Waals surface area contributed by atoms with Gasteiger partial charge in [-0.15, -0.1) is 0 Å². The highest BCUT2D eigenvalue weighted by molar-refractivity contribution is 9.10. The summed E-state index contributed by atoms with van der Waals surface area (Å²) in [6, 6.07) is 10.5. The number of piperidine rings is 1. The first-order valence-electron chi connectivity index (χ1n) is 11.9. The lowest BCUT2D eigenvalue weighted by Gasteiger charge is -2.31. The monoisotopic (exact) mass is 591 g/mol. The van der Waals surface area contributed by atoms with Gasteiger partial charge in [-0.3, -0.25) is 14.4 Å². The summed E-state index contributed by atoms with van der Waals surface area (Å²) in [5, 5.41) is 5.35. The lowest BCUT2D eigenvalue weighted by Crippen LogP contribution is -2.43. The van der Waals surface area contributed by atoms with E-state index in [2.05, 4.69) is 36.5 Å². The number of nitrogens with zero attached hydrogens (tertiary/aromatic N) is 2. The molecule has 0 atom stereocenters. The van der Waals surface area contributed by atoms with Crippen LogP contribution in [0.4, 0.5) is 18.9 Å². The Kier molecular flexibility index (Phi) is 8.62. The number of rotatable bonds is 9. The van der Waals surface area contributed by atoms with Gasteiger partial charge in [-0.25, -0.2) is 18.2 Å². The fourth-order valence-corrected chi connectivity index (χ4v) is 4.62. The minimum Gasteiger partial charge on any atom is -0.349 e. The van der Waals surface area contributed by atoms with Gasteiger partial charge < -0.3 is 20.5 Å². The second kappa shape index (κ2) is 11.9. The van der Waals surface area contributed by atoms with Crippen LogP contribution in [0.3, 0.4) is 0 Å². The molecule has 1 aliphatic heterocycles. The molecule has 0 bridgehead atoms. The van der Waals surface area contributed by atoms with E-state index in [9.17, 15) is 27.6 Å². The van der Waals surface area contributed by atoms with Crippen molar-refractivity contribution in [1.29, 1.82) is 0 Å². The first-order valence-corrected chi connectivity index (χ1v) is 12.7. The van der Waals surface area contributed by atoms with E-state index in [-0.39, 0.29) is 56.1 Å². The molecule has 4 rings (SSSR count). The number of anilines is 1. The third-order valence-electron chi connectivity index (χ3n) is 6.19. The molecule has 3 aromatic rings. The molecule has 12 heteroatoms. The Balaban J connectivity index is 1.29. The number of imidazole rings is 1. The highest BCUT2D eigenvalue weighted by Crippen LogP contribution is 2.27. The zero-order chi connectivity index (χ0) is 27.3. The zero-order valence-corrected chi connectivity index (χ0v) is 21.8. The number of ketones is 1. The molecular weight excluding hydrogens is 567 g/mol. The van der Waals surface area contributed by atoms with E-state index in [0.717, 1.165) is 0 Å². The number of benzene rings is 2. The first-order chi connectivity index (χ1) is 18.1. The lowest BCUT2D eigenvalue weighted by molar-refractivity contribution is -0.0547. The lowest BCUT2D eigenvalue weighted by atomic mass is 10.0. The number of halogens is 4. The molecule has 0 aliphatic carbocycles. The van der Waals surface area contributed by atoms with Gasteiger partial charge in [0.05, 0.1) is 6.33 Å². The van der Waals surface area contributed by atoms with Crippen LogP contribution in [0.15, 0.2) is 53.3 Å². The number of nitrogens with one attached hydrogen (secondary N) is 3. The van der Waals surface area contributed by atoms with Crippen molar-refractivity contribution in [3.63, 3.8) is 0 Å². The van der Waals surface area contributed by atoms with Gasteiger partial charge in [0.2, 0.25) is 0 Å². The van der Waals surface area contributed by atoms with Crippen molar-refractivity contribution >= 4 is 39.2 Å². The Labute approximate surface area is 225 Å². The average molecular weight is 592 g/mol. The normalized spacial score (nSPS) is 15.2. The predicted octanol–water partition coefficient (Wildman–Crippen LogP) is 4.45. The van der Waals surface area contributed by atoms with E-state index in [1.165, 1.54) is 24.5 Å². The summed E-state index contributed by atoms with van der Waals surface area (Å²) in [6.07, 6.45) is 0.922. The SMILES string of the molecule is O=C(Cc1ccc(NC(=O)c2nc[nH]c2C(=O)NCCN2CCC(F)(F)CC2)cc1)c1ccc(F)cc1Br. The number of carbonyl (C=O) groups is 3. The quantitative estimate of drug-likeness (QED) is 0.319. The minimum absolute atomic E-state index is 0.0141. The average Bonchev–Trinajstić information content (AvgIpc) is 3.36. The van der Waals surface area contributed by atoms with Crippen LogP contribution in [0, 0.1) is 5.82 Å². The van der Waals surface area contributed by atoms with Gasteiger partial charge in [0.15, 0.2) is 11.5 Å². The zero-order valence-electron chi connectivity index (χ0n) is 20.2. The maximum atomic E-state index is 13.3. The molecule has 2 amide bonds. The Morgan fingerprint density at radius 3 is 2.45 bits per heavy atom.